The van der Waals surface area contributed by atoms with Gasteiger partial charge in [-0.1, -0.05) is 6.07 Å². The molecule has 2 heterocycles. The van der Waals surface area contributed by atoms with E-state index in [1.807, 2.05) is 62.0 Å². The van der Waals surface area contributed by atoms with Gasteiger partial charge in [0.25, 0.3) is 11.8 Å². The molecule has 3 rings (SSSR count). The van der Waals surface area contributed by atoms with Crippen LogP contribution in [0, 0.1) is 0 Å². The molecule has 28 heavy (non-hydrogen) atoms. The first-order chi connectivity index (χ1) is 13.3. The molecule has 0 spiro atoms. The number of hydrogen-bond acceptors (Lipinski definition) is 5. The Hall–Kier alpha value is -2.70. The fraction of sp³-hybridized carbons (Fsp3) is 0.524. The van der Waals surface area contributed by atoms with Gasteiger partial charge in [0.05, 0.1) is 0 Å². The first-order valence-electron chi connectivity index (χ1n) is 9.67. The third-order valence-electron chi connectivity index (χ3n) is 5.56. The molecule has 2 aliphatic heterocycles. The van der Waals surface area contributed by atoms with E-state index in [0.29, 0.717) is 37.6 Å². The van der Waals surface area contributed by atoms with E-state index in [4.69, 9.17) is 9.47 Å². The molecule has 2 aliphatic rings. The van der Waals surface area contributed by atoms with E-state index in [1.165, 1.54) is 0 Å². The number of carbonyl (C=O) groups is 2. The van der Waals surface area contributed by atoms with Crippen LogP contribution in [0.4, 0.5) is 5.69 Å². The number of nitrogens with zero attached hydrogens (tertiary/aromatic N) is 3. The molecule has 2 amide bonds. The van der Waals surface area contributed by atoms with Crippen molar-refractivity contribution >= 4 is 17.5 Å². The van der Waals surface area contributed by atoms with Crippen molar-refractivity contribution in [1.29, 1.82) is 0 Å². The highest BCUT2D eigenvalue weighted by Crippen LogP contribution is 2.24. The standard InChI is InChI=1S/C21H29N3O4/c1-14-15(2)24(21(26)19-16(3)27-11-12-28-19)10-9-23(14)20(25)17-7-6-8-18(13-17)22(4)5/h6-8,13-15H,9-12H2,1-5H3/t14-,15-/m1/s1. The Morgan fingerprint density at radius 1 is 1.00 bits per heavy atom. The molecular weight excluding hydrogens is 358 g/mol. The summed E-state index contributed by atoms with van der Waals surface area (Å²) in [5.41, 5.74) is 1.64. The quantitative estimate of drug-likeness (QED) is 0.795. The second kappa shape index (κ2) is 8.12. The van der Waals surface area contributed by atoms with Crippen molar-refractivity contribution in [2.24, 2.45) is 0 Å². The molecule has 0 N–H and O–H groups in total. The van der Waals surface area contributed by atoms with Crippen molar-refractivity contribution in [3.8, 4) is 0 Å². The zero-order chi connectivity index (χ0) is 20.4. The SMILES string of the molecule is CC1=C(C(=O)N2CCN(C(=O)c3cccc(N(C)C)c3)[C@H](C)[C@H]2C)OCCO1. The van der Waals surface area contributed by atoms with Crippen LogP contribution in [0.5, 0.6) is 0 Å². The van der Waals surface area contributed by atoms with Crippen LogP contribution in [0.1, 0.15) is 31.1 Å². The summed E-state index contributed by atoms with van der Waals surface area (Å²) in [7, 11) is 3.90. The number of allylic oxidation sites excluding steroid dienone is 1. The Balaban J connectivity index is 1.75. The first kappa shape index (κ1) is 20.0. The lowest BCUT2D eigenvalue weighted by Crippen LogP contribution is -2.60. The van der Waals surface area contributed by atoms with Gasteiger partial charge < -0.3 is 24.2 Å². The van der Waals surface area contributed by atoms with Gasteiger partial charge in [0.1, 0.15) is 19.0 Å². The van der Waals surface area contributed by atoms with Gasteiger partial charge in [0.2, 0.25) is 5.76 Å². The van der Waals surface area contributed by atoms with E-state index in [-0.39, 0.29) is 29.7 Å². The highest BCUT2D eigenvalue weighted by atomic mass is 16.6. The Bertz CT molecular complexity index is 790. The van der Waals surface area contributed by atoms with Crippen LogP contribution in [0.3, 0.4) is 0 Å². The molecule has 152 valence electrons. The molecule has 0 aliphatic carbocycles. The molecule has 0 bridgehead atoms. The molecule has 1 saturated heterocycles. The van der Waals surface area contributed by atoms with Gasteiger partial charge in [-0.25, -0.2) is 0 Å². The summed E-state index contributed by atoms with van der Waals surface area (Å²) >= 11 is 0. The largest absolute Gasteiger partial charge is 0.491 e. The van der Waals surface area contributed by atoms with E-state index < -0.39 is 0 Å². The number of ether oxygens (including phenoxy) is 2. The van der Waals surface area contributed by atoms with E-state index in [2.05, 4.69) is 0 Å². The smallest absolute Gasteiger partial charge is 0.292 e. The van der Waals surface area contributed by atoms with Crippen LogP contribution >= 0.6 is 0 Å². The molecule has 1 aromatic rings. The summed E-state index contributed by atoms with van der Waals surface area (Å²) in [5.74, 6) is 0.625. The topological polar surface area (TPSA) is 62.3 Å². The Kier molecular flexibility index (Phi) is 5.82. The van der Waals surface area contributed by atoms with E-state index in [9.17, 15) is 9.59 Å². The monoisotopic (exact) mass is 387 g/mol. The lowest BCUT2D eigenvalue weighted by atomic mass is 10.0. The zero-order valence-electron chi connectivity index (χ0n) is 17.3. The molecule has 0 radical (unpaired) electrons. The summed E-state index contributed by atoms with van der Waals surface area (Å²) < 4.78 is 11.0. The summed E-state index contributed by atoms with van der Waals surface area (Å²) in [5, 5.41) is 0. The summed E-state index contributed by atoms with van der Waals surface area (Å²) in [6, 6.07) is 7.37. The van der Waals surface area contributed by atoms with Crippen LogP contribution < -0.4 is 4.90 Å². The van der Waals surface area contributed by atoms with Crippen molar-refractivity contribution in [2.45, 2.75) is 32.9 Å². The van der Waals surface area contributed by atoms with E-state index in [0.717, 1.165) is 5.69 Å². The highest BCUT2D eigenvalue weighted by molar-refractivity contribution is 5.96. The second-order valence-electron chi connectivity index (χ2n) is 7.51. The van der Waals surface area contributed by atoms with E-state index >= 15 is 0 Å². The lowest BCUT2D eigenvalue weighted by molar-refractivity contribution is -0.138. The minimum absolute atomic E-state index is 0.0113. The number of anilines is 1. The molecule has 7 nitrogen and oxygen atoms in total. The molecule has 0 unspecified atom stereocenters. The first-order valence-corrected chi connectivity index (χ1v) is 9.67. The molecule has 1 aromatic carbocycles. The Labute approximate surface area is 166 Å². The Morgan fingerprint density at radius 3 is 2.21 bits per heavy atom. The Morgan fingerprint density at radius 2 is 1.61 bits per heavy atom. The van der Waals surface area contributed by atoms with Crippen LogP contribution in [-0.4, -0.2) is 74.1 Å². The predicted molar refractivity (Wildman–Crippen MR) is 107 cm³/mol. The van der Waals surface area contributed by atoms with Gasteiger partial charge in [0, 0.05) is 50.5 Å². The normalized spacial score (nSPS) is 22.5. The minimum Gasteiger partial charge on any atom is -0.491 e. The van der Waals surface area contributed by atoms with Gasteiger partial charge in [-0.3, -0.25) is 9.59 Å². The molecule has 7 heteroatoms. The fourth-order valence-corrected chi connectivity index (χ4v) is 3.65. The third kappa shape index (κ3) is 3.79. The fourth-order valence-electron chi connectivity index (χ4n) is 3.65. The number of hydrogen-bond donors (Lipinski definition) is 0. The highest BCUT2D eigenvalue weighted by Gasteiger charge is 2.38. The maximum atomic E-state index is 13.1. The van der Waals surface area contributed by atoms with Crippen molar-refractivity contribution in [3.05, 3.63) is 41.3 Å². The lowest BCUT2D eigenvalue weighted by Gasteiger charge is -2.45. The maximum Gasteiger partial charge on any atom is 0.292 e. The maximum absolute atomic E-state index is 13.1. The number of piperazine rings is 1. The molecule has 1 fully saturated rings. The van der Waals surface area contributed by atoms with Gasteiger partial charge in [-0.2, -0.15) is 0 Å². The third-order valence-corrected chi connectivity index (χ3v) is 5.56. The molecule has 0 saturated carbocycles. The van der Waals surface area contributed by atoms with Crippen molar-refractivity contribution in [2.75, 3.05) is 45.3 Å². The van der Waals surface area contributed by atoms with Crippen molar-refractivity contribution in [3.63, 3.8) is 0 Å². The number of carbonyl (C=O) groups excluding carboxylic acids is 2. The minimum atomic E-state index is -0.168. The summed E-state index contributed by atoms with van der Waals surface area (Å²) in [6.07, 6.45) is 0. The van der Waals surface area contributed by atoms with Gasteiger partial charge in [-0.05, 0) is 39.0 Å². The second-order valence-corrected chi connectivity index (χ2v) is 7.51. The summed E-state index contributed by atoms with van der Waals surface area (Å²) in [6.45, 7) is 7.48. The average molecular weight is 387 g/mol. The van der Waals surface area contributed by atoms with Gasteiger partial charge in [-0.15, -0.1) is 0 Å². The summed E-state index contributed by atoms with van der Waals surface area (Å²) in [4.78, 5) is 31.7. The molecular formula is C21H29N3O4. The molecule has 2 atom stereocenters. The number of rotatable bonds is 3. The predicted octanol–water partition coefficient (Wildman–Crippen LogP) is 2.09. The van der Waals surface area contributed by atoms with Crippen molar-refractivity contribution < 1.29 is 19.1 Å². The van der Waals surface area contributed by atoms with Gasteiger partial charge in [0.15, 0.2) is 0 Å². The van der Waals surface area contributed by atoms with Crippen LogP contribution in [0.25, 0.3) is 0 Å². The van der Waals surface area contributed by atoms with Crippen LogP contribution in [-0.2, 0) is 14.3 Å². The number of benzene rings is 1. The van der Waals surface area contributed by atoms with Crippen LogP contribution in [0.2, 0.25) is 0 Å². The van der Waals surface area contributed by atoms with Crippen molar-refractivity contribution in [1.82, 2.24) is 9.80 Å². The van der Waals surface area contributed by atoms with Crippen LogP contribution in [0.15, 0.2) is 35.8 Å². The van der Waals surface area contributed by atoms with E-state index in [1.54, 1.807) is 11.8 Å². The van der Waals surface area contributed by atoms with Gasteiger partial charge >= 0.3 is 0 Å². The average Bonchev–Trinajstić information content (AvgIpc) is 2.69. The number of amides is 2. The molecule has 0 aromatic heterocycles. The zero-order valence-corrected chi connectivity index (χ0v) is 17.3.